The van der Waals surface area contributed by atoms with Crippen LogP contribution in [-0.4, -0.2) is 11.1 Å². The van der Waals surface area contributed by atoms with Crippen molar-refractivity contribution in [3.05, 3.63) is 29.1 Å². The van der Waals surface area contributed by atoms with Crippen LogP contribution in [0.15, 0.2) is 24.3 Å². The third-order valence-corrected chi connectivity index (χ3v) is 3.64. The third kappa shape index (κ3) is 1.80. The highest BCUT2D eigenvalue weighted by molar-refractivity contribution is 7.19. The fourth-order valence-corrected chi connectivity index (χ4v) is 2.56. The molecule has 15 heavy (non-hydrogen) atoms. The Kier molecular flexibility index (Phi) is 2.36. The predicted octanol–water partition coefficient (Wildman–Crippen LogP) is 2.67. The van der Waals surface area contributed by atoms with Crippen molar-refractivity contribution in [2.45, 2.75) is 12.8 Å². The molecule has 3 N–H and O–H groups in total. The molecule has 0 fully saturated rings. The second-order valence-corrected chi connectivity index (χ2v) is 4.62. The average molecular weight is 221 g/mol. The summed E-state index contributed by atoms with van der Waals surface area (Å²) in [6.07, 6.45) is 0. The fourth-order valence-electron chi connectivity index (χ4n) is 1.40. The molecule has 0 aliphatic heterocycles. The molecule has 1 aromatic heterocycles. The molecule has 1 aromatic carbocycles. The van der Waals surface area contributed by atoms with Gasteiger partial charge < -0.3 is 10.8 Å². The molecule has 0 amide bonds. The zero-order chi connectivity index (χ0) is 11.0. The molecule has 0 radical (unpaired) electrons. The lowest BCUT2D eigenvalue weighted by Gasteiger charge is -1.99. The monoisotopic (exact) mass is 221 g/mol. The van der Waals surface area contributed by atoms with Gasteiger partial charge in [-0.1, -0.05) is 6.07 Å². The first-order chi connectivity index (χ1) is 7.08. The van der Waals surface area contributed by atoms with Crippen molar-refractivity contribution in [2.24, 2.45) is 0 Å². The highest BCUT2D eigenvalue weighted by Crippen LogP contribution is 2.32. The molecule has 0 bridgehead atoms. The van der Waals surface area contributed by atoms with Gasteiger partial charge in [-0.2, -0.15) is 0 Å². The van der Waals surface area contributed by atoms with Crippen LogP contribution in [0.3, 0.4) is 0 Å². The van der Waals surface area contributed by atoms with Crippen LogP contribution in [0.5, 0.6) is 0 Å². The van der Waals surface area contributed by atoms with Gasteiger partial charge in [-0.25, -0.2) is 0 Å². The van der Waals surface area contributed by atoms with Crippen molar-refractivity contribution >= 4 is 33.1 Å². The Balaban J connectivity index is 2.51. The zero-order valence-electron chi connectivity index (χ0n) is 8.23. The van der Waals surface area contributed by atoms with Crippen LogP contribution in [0.25, 0.3) is 10.1 Å². The molecule has 0 spiro atoms. The van der Waals surface area contributed by atoms with Crippen LogP contribution in [0, 0.1) is 0 Å². The van der Waals surface area contributed by atoms with E-state index in [4.69, 9.17) is 10.8 Å². The molecule has 0 saturated heterocycles. The molecule has 1 unspecified atom stereocenters. The number of hydrogen-bond acceptors (Lipinski definition) is 3. The minimum absolute atomic E-state index is 0.455. The average Bonchev–Trinajstić information content (AvgIpc) is 2.58. The molecule has 1 atom stereocenters. The highest BCUT2D eigenvalue weighted by Gasteiger charge is 2.16. The van der Waals surface area contributed by atoms with Gasteiger partial charge in [0.25, 0.3) is 0 Å². The Morgan fingerprint density at radius 3 is 2.87 bits per heavy atom. The SMILES string of the molecule is CC(C(=O)O)c1cc2ccc(N)cc2s1. The van der Waals surface area contributed by atoms with E-state index >= 15 is 0 Å². The molecular weight excluding hydrogens is 210 g/mol. The Labute approximate surface area is 91.1 Å². The largest absolute Gasteiger partial charge is 0.481 e. The quantitative estimate of drug-likeness (QED) is 0.766. The van der Waals surface area contributed by atoms with E-state index in [9.17, 15) is 4.79 Å². The standard InChI is InChI=1S/C11H11NO2S/c1-6(11(13)14)9-4-7-2-3-8(12)5-10(7)15-9/h2-6H,12H2,1H3,(H,13,14). The summed E-state index contributed by atoms with van der Waals surface area (Å²) >= 11 is 1.49. The molecule has 0 aliphatic rings. The molecule has 1 heterocycles. The number of aliphatic carboxylic acids is 1. The summed E-state index contributed by atoms with van der Waals surface area (Å²) in [5.74, 6) is -1.25. The Morgan fingerprint density at radius 1 is 1.47 bits per heavy atom. The van der Waals surface area contributed by atoms with Crippen LogP contribution in [0.2, 0.25) is 0 Å². The smallest absolute Gasteiger partial charge is 0.311 e. The van der Waals surface area contributed by atoms with Gasteiger partial charge in [-0.15, -0.1) is 11.3 Å². The summed E-state index contributed by atoms with van der Waals surface area (Å²) in [4.78, 5) is 11.7. The number of nitrogens with two attached hydrogens (primary N) is 1. The zero-order valence-corrected chi connectivity index (χ0v) is 9.04. The lowest BCUT2D eigenvalue weighted by atomic mass is 10.1. The third-order valence-electron chi connectivity index (χ3n) is 2.36. The number of benzene rings is 1. The first-order valence-electron chi connectivity index (χ1n) is 4.59. The number of carboxylic acids is 1. The van der Waals surface area contributed by atoms with E-state index in [1.54, 1.807) is 6.92 Å². The number of anilines is 1. The van der Waals surface area contributed by atoms with Crippen LogP contribution in [0.1, 0.15) is 17.7 Å². The maximum atomic E-state index is 10.8. The fraction of sp³-hybridized carbons (Fsp3) is 0.182. The van der Waals surface area contributed by atoms with E-state index in [2.05, 4.69) is 0 Å². The van der Waals surface area contributed by atoms with Crippen molar-refractivity contribution in [1.82, 2.24) is 0 Å². The summed E-state index contributed by atoms with van der Waals surface area (Å²) in [6, 6.07) is 7.53. The maximum absolute atomic E-state index is 10.8. The van der Waals surface area contributed by atoms with Crippen LogP contribution in [0.4, 0.5) is 5.69 Å². The Morgan fingerprint density at radius 2 is 2.20 bits per heavy atom. The van der Waals surface area contributed by atoms with Gasteiger partial charge in [0.2, 0.25) is 0 Å². The number of hydrogen-bond donors (Lipinski definition) is 2. The van der Waals surface area contributed by atoms with Crippen molar-refractivity contribution < 1.29 is 9.90 Å². The van der Waals surface area contributed by atoms with Gasteiger partial charge in [0.1, 0.15) is 0 Å². The van der Waals surface area contributed by atoms with E-state index in [0.717, 1.165) is 15.0 Å². The van der Waals surface area contributed by atoms with Gasteiger partial charge in [-0.3, -0.25) is 4.79 Å². The summed E-state index contributed by atoms with van der Waals surface area (Å²) in [5.41, 5.74) is 6.37. The second kappa shape index (κ2) is 3.55. The van der Waals surface area contributed by atoms with Crippen LogP contribution in [-0.2, 0) is 4.79 Å². The molecule has 3 nitrogen and oxygen atoms in total. The Bertz CT molecular complexity index is 518. The summed E-state index contributed by atoms with van der Waals surface area (Å²) in [7, 11) is 0. The highest BCUT2D eigenvalue weighted by atomic mass is 32.1. The van der Waals surface area contributed by atoms with Crippen molar-refractivity contribution in [1.29, 1.82) is 0 Å². The van der Waals surface area contributed by atoms with Gasteiger partial charge in [0, 0.05) is 15.3 Å². The topological polar surface area (TPSA) is 63.3 Å². The van der Waals surface area contributed by atoms with E-state index in [-0.39, 0.29) is 0 Å². The van der Waals surface area contributed by atoms with E-state index in [1.807, 2.05) is 24.3 Å². The molecule has 0 aliphatic carbocycles. The van der Waals surface area contributed by atoms with Crippen LogP contribution >= 0.6 is 11.3 Å². The number of carbonyl (C=O) groups is 1. The van der Waals surface area contributed by atoms with Crippen molar-refractivity contribution in [2.75, 3.05) is 5.73 Å². The molecular formula is C11H11NO2S. The Hall–Kier alpha value is -1.55. The van der Waals surface area contributed by atoms with E-state index in [0.29, 0.717) is 5.69 Å². The minimum Gasteiger partial charge on any atom is -0.481 e. The molecule has 0 saturated carbocycles. The van der Waals surface area contributed by atoms with Crippen LogP contribution < -0.4 is 5.73 Å². The maximum Gasteiger partial charge on any atom is 0.311 e. The summed E-state index contributed by atoms with van der Waals surface area (Å²) in [5, 5.41) is 9.95. The van der Waals surface area contributed by atoms with Gasteiger partial charge in [0.05, 0.1) is 5.92 Å². The van der Waals surface area contributed by atoms with Gasteiger partial charge in [-0.05, 0) is 30.5 Å². The summed E-state index contributed by atoms with van der Waals surface area (Å²) < 4.78 is 1.04. The number of rotatable bonds is 2. The molecule has 2 rings (SSSR count). The second-order valence-electron chi connectivity index (χ2n) is 3.51. The van der Waals surface area contributed by atoms with Crippen molar-refractivity contribution in [3.63, 3.8) is 0 Å². The first-order valence-corrected chi connectivity index (χ1v) is 5.41. The normalized spacial score (nSPS) is 12.9. The van der Waals surface area contributed by atoms with E-state index in [1.165, 1.54) is 11.3 Å². The number of thiophene rings is 1. The van der Waals surface area contributed by atoms with Gasteiger partial charge in [0.15, 0.2) is 0 Å². The summed E-state index contributed by atoms with van der Waals surface area (Å²) in [6.45, 7) is 1.69. The minimum atomic E-state index is -0.797. The number of fused-ring (bicyclic) bond motifs is 1. The first kappa shape index (κ1) is 9.98. The van der Waals surface area contributed by atoms with Crippen molar-refractivity contribution in [3.8, 4) is 0 Å². The van der Waals surface area contributed by atoms with E-state index < -0.39 is 11.9 Å². The predicted molar refractivity (Wildman–Crippen MR) is 62.3 cm³/mol. The lowest BCUT2D eigenvalue weighted by molar-refractivity contribution is -0.138. The lowest BCUT2D eigenvalue weighted by Crippen LogP contribution is -2.04. The molecule has 4 heteroatoms. The van der Waals surface area contributed by atoms with Gasteiger partial charge >= 0.3 is 5.97 Å². The number of carboxylic acid groups (broad SMARTS) is 1. The number of nitrogen functional groups attached to an aromatic ring is 1. The molecule has 2 aromatic rings. The molecule has 78 valence electrons.